The molecular formula is C16H20N4O. The number of nitrogens with zero attached hydrogens (tertiary/aromatic N) is 1. The van der Waals surface area contributed by atoms with Gasteiger partial charge in [-0.25, -0.2) is 4.98 Å². The number of primary amides is 1. The fraction of sp³-hybridized carbons (Fsp3) is 0.250. The van der Waals surface area contributed by atoms with Gasteiger partial charge in [0.15, 0.2) is 0 Å². The van der Waals surface area contributed by atoms with Crippen molar-refractivity contribution in [3.05, 3.63) is 58.8 Å². The zero-order chi connectivity index (χ0) is 15.2. The fourth-order valence-electron chi connectivity index (χ4n) is 2.07. The highest BCUT2D eigenvalue weighted by Gasteiger charge is 2.09. The fourth-order valence-corrected chi connectivity index (χ4v) is 2.07. The van der Waals surface area contributed by atoms with Gasteiger partial charge in [-0.15, -0.1) is 0 Å². The topological polar surface area (TPSA) is 94.0 Å². The standard InChI is InChI=1S/C16H20N4O/c1-11-2-7-14(15(18)21)16(20-11)19-10-13-5-3-12(4-6-13)8-9-17/h2-7H,8-10,17H2,1H3,(H2,18,21)(H,19,20). The number of hydrogen-bond donors (Lipinski definition) is 3. The first kappa shape index (κ1) is 15.0. The number of nitrogens with two attached hydrogens (primary N) is 2. The van der Waals surface area contributed by atoms with Gasteiger partial charge in [-0.1, -0.05) is 24.3 Å². The largest absolute Gasteiger partial charge is 0.365 e. The van der Waals surface area contributed by atoms with E-state index in [1.54, 1.807) is 12.1 Å². The normalized spacial score (nSPS) is 10.4. The highest BCUT2D eigenvalue weighted by atomic mass is 16.1. The first-order chi connectivity index (χ1) is 10.1. The molecule has 0 bridgehead atoms. The highest BCUT2D eigenvalue weighted by Crippen LogP contribution is 2.14. The maximum absolute atomic E-state index is 11.4. The van der Waals surface area contributed by atoms with E-state index < -0.39 is 5.91 Å². The van der Waals surface area contributed by atoms with Crippen molar-refractivity contribution in [1.82, 2.24) is 4.98 Å². The predicted octanol–water partition coefficient (Wildman–Crippen LogP) is 1.60. The Bertz CT molecular complexity index is 623. The Morgan fingerprint density at radius 2 is 1.81 bits per heavy atom. The molecule has 1 aromatic heterocycles. The molecule has 5 nitrogen and oxygen atoms in total. The van der Waals surface area contributed by atoms with E-state index in [1.165, 1.54) is 5.56 Å². The smallest absolute Gasteiger partial charge is 0.252 e. The van der Waals surface area contributed by atoms with Gasteiger partial charge < -0.3 is 16.8 Å². The van der Waals surface area contributed by atoms with E-state index in [0.29, 0.717) is 24.5 Å². The molecule has 0 aliphatic carbocycles. The van der Waals surface area contributed by atoms with Crippen LogP contribution in [0.4, 0.5) is 5.82 Å². The van der Waals surface area contributed by atoms with Gasteiger partial charge in [0.2, 0.25) is 0 Å². The van der Waals surface area contributed by atoms with Crippen molar-refractivity contribution in [3.63, 3.8) is 0 Å². The average Bonchev–Trinajstić information content (AvgIpc) is 2.46. The molecule has 2 rings (SSSR count). The van der Waals surface area contributed by atoms with Crippen LogP contribution in [0.2, 0.25) is 0 Å². The molecule has 1 heterocycles. The van der Waals surface area contributed by atoms with Gasteiger partial charge in [0, 0.05) is 12.2 Å². The molecule has 0 aliphatic rings. The van der Waals surface area contributed by atoms with E-state index >= 15 is 0 Å². The SMILES string of the molecule is Cc1ccc(C(N)=O)c(NCc2ccc(CCN)cc2)n1. The first-order valence-electron chi connectivity index (χ1n) is 6.89. The summed E-state index contributed by atoms with van der Waals surface area (Å²) in [5, 5.41) is 3.17. The van der Waals surface area contributed by atoms with Crippen LogP contribution in [0.5, 0.6) is 0 Å². The molecule has 5 N–H and O–H groups in total. The third-order valence-electron chi connectivity index (χ3n) is 3.22. The summed E-state index contributed by atoms with van der Waals surface area (Å²) in [6.45, 7) is 3.10. The summed E-state index contributed by atoms with van der Waals surface area (Å²) >= 11 is 0. The Labute approximate surface area is 124 Å². The van der Waals surface area contributed by atoms with Gasteiger partial charge in [0.25, 0.3) is 5.91 Å². The Kier molecular flexibility index (Phi) is 4.90. The van der Waals surface area contributed by atoms with E-state index in [-0.39, 0.29) is 0 Å². The molecule has 0 radical (unpaired) electrons. The van der Waals surface area contributed by atoms with Crippen LogP contribution in [0.15, 0.2) is 36.4 Å². The molecule has 0 saturated heterocycles. The van der Waals surface area contributed by atoms with Crippen LogP contribution in [-0.4, -0.2) is 17.4 Å². The van der Waals surface area contributed by atoms with E-state index in [4.69, 9.17) is 11.5 Å². The molecular weight excluding hydrogens is 264 g/mol. The van der Waals surface area contributed by atoms with Crippen LogP contribution in [-0.2, 0) is 13.0 Å². The van der Waals surface area contributed by atoms with Gasteiger partial charge in [0.05, 0.1) is 5.56 Å². The predicted molar refractivity (Wildman–Crippen MR) is 84.0 cm³/mol. The number of anilines is 1. The minimum Gasteiger partial charge on any atom is -0.365 e. The second-order valence-corrected chi connectivity index (χ2v) is 4.92. The highest BCUT2D eigenvalue weighted by molar-refractivity contribution is 5.97. The van der Waals surface area contributed by atoms with Crippen molar-refractivity contribution in [2.24, 2.45) is 11.5 Å². The Balaban J connectivity index is 2.08. The van der Waals surface area contributed by atoms with E-state index in [2.05, 4.69) is 22.4 Å². The van der Waals surface area contributed by atoms with Crippen molar-refractivity contribution >= 4 is 11.7 Å². The Hall–Kier alpha value is -2.40. The number of aromatic nitrogens is 1. The lowest BCUT2D eigenvalue weighted by Crippen LogP contribution is -2.15. The van der Waals surface area contributed by atoms with Crippen molar-refractivity contribution in [2.75, 3.05) is 11.9 Å². The number of carbonyl (C=O) groups excluding carboxylic acids is 1. The maximum Gasteiger partial charge on any atom is 0.252 e. The van der Waals surface area contributed by atoms with Crippen molar-refractivity contribution in [2.45, 2.75) is 19.9 Å². The van der Waals surface area contributed by atoms with Crippen LogP contribution in [0.25, 0.3) is 0 Å². The van der Waals surface area contributed by atoms with Crippen molar-refractivity contribution in [3.8, 4) is 0 Å². The number of pyridine rings is 1. The maximum atomic E-state index is 11.4. The van der Waals surface area contributed by atoms with Crippen LogP contribution in [0, 0.1) is 6.92 Å². The summed E-state index contributed by atoms with van der Waals surface area (Å²) < 4.78 is 0. The third kappa shape index (κ3) is 4.03. The molecule has 1 amide bonds. The van der Waals surface area contributed by atoms with Gasteiger partial charge in [0.1, 0.15) is 5.82 Å². The second-order valence-electron chi connectivity index (χ2n) is 4.92. The summed E-state index contributed by atoms with van der Waals surface area (Å²) in [7, 11) is 0. The van der Waals surface area contributed by atoms with Crippen LogP contribution >= 0.6 is 0 Å². The molecule has 0 unspecified atom stereocenters. The number of amides is 1. The number of hydrogen-bond acceptors (Lipinski definition) is 4. The van der Waals surface area contributed by atoms with Crippen LogP contribution < -0.4 is 16.8 Å². The first-order valence-corrected chi connectivity index (χ1v) is 6.89. The lowest BCUT2D eigenvalue weighted by molar-refractivity contribution is 0.100. The average molecular weight is 284 g/mol. The van der Waals surface area contributed by atoms with Crippen molar-refractivity contribution < 1.29 is 4.79 Å². The van der Waals surface area contributed by atoms with Crippen LogP contribution in [0.1, 0.15) is 27.2 Å². The molecule has 110 valence electrons. The minimum atomic E-state index is -0.483. The molecule has 2 aromatic rings. The number of benzene rings is 1. The molecule has 0 fully saturated rings. The van der Waals surface area contributed by atoms with E-state index in [1.807, 2.05) is 19.1 Å². The van der Waals surface area contributed by atoms with Gasteiger partial charge >= 0.3 is 0 Å². The van der Waals surface area contributed by atoms with Gasteiger partial charge in [-0.05, 0) is 43.1 Å². The molecule has 0 saturated carbocycles. The summed E-state index contributed by atoms with van der Waals surface area (Å²) in [4.78, 5) is 15.7. The quantitative estimate of drug-likeness (QED) is 0.751. The van der Waals surface area contributed by atoms with Crippen molar-refractivity contribution in [1.29, 1.82) is 0 Å². The monoisotopic (exact) mass is 284 g/mol. The lowest BCUT2D eigenvalue weighted by atomic mass is 10.1. The zero-order valence-electron chi connectivity index (χ0n) is 12.1. The molecule has 0 aliphatic heterocycles. The number of rotatable bonds is 6. The Morgan fingerprint density at radius 3 is 2.43 bits per heavy atom. The van der Waals surface area contributed by atoms with E-state index in [0.717, 1.165) is 17.7 Å². The molecule has 0 spiro atoms. The molecule has 1 aromatic carbocycles. The van der Waals surface area contributed by atoms with E-state index in [9.17, 15) is 4.79 Å². The Morgan fingerprint density at radius 1 is 1.14 bits per heavy atom. The number of aryl methyl sites for hydroxylation is 1. The summed E-state index contributed by atoms with van der Waals surface area (Å²) in [6.07, 6.45) is 0.874. The molecule has 21 heavy (non-hydrogen) atoms. The molecule has 0 atom stereocenters. The van der Waals surface area contributed by atoms with Gasteiger partial charge in [-0.2, -0.15) is 0 Å². The zero-order valence-corrected chi connectivity index (χ0v) is 12.1. The number of nitrogens with one attached hydrogen (secondary N) is 1. The molecule has 5 heteroatoms. The number of carbonyl (C=O) groups is 1. The summed E-state index contributed by atoms with van der Waals surface area (Å²) in [5.41, 5.74) is 14.4. The summed E-state index contributed by atoms with van der Waals surface area (Å²) in [6, 6.07) is 11.7. The van der Waals surface area contributed by atoms with Gasteiger partial charge in [-0.3, -0.25) is 4.79 Å². The second kappa shape index (κ2) is 6.85. The summed E-state index contributed by atoms with van der Waals surface area (Å²) in [5.74, 6) is 0.0387. The lowest BCUT2D eigenvalue weighted by Gasteiger charge is -2.10. The third-order valence-corrected chi connectivity index (χ3v) is 3.22. The minimum absolute atomic E-state index is 0.403. The van der Waals surface area contributed by atoms with Crippen LogP contribution in [0.3, 0.4) is 0 Å².